The van der Waals surface area contributed by atoms with Crippen molar-refractivity contribution in [1.29, 1.82) is 10.9 Å². The summed E-state index contributed by atoms with van der Waals surface area (Å²) in [5, 5.41) is 11.0. The first-order valence-corrected chi connectivity index (χ1v) is 4.27. The van der Waals surface area contributed by atoms with Crippen LogP contribution >= 0.6 is 0 Å². The first kappa shape index (κ1) is 12.0. The molecule has 0 bridgehead atoms. The third kappa shape index (κ3) is 2.13. The van der Waals surface area contributed by atoms with E-state index >= 15 is 0 Å². The van der Waals surface area contributed by atoms with Crippen LogP contribution < -0.4 is 9.75 Å². The highest BCUT2D eigenvalue weighted by Crippen LogP contribution is 2.28. The van der Waals surface area contributed by atoms with Crippen molar-refractivity contribution in [2.45, 2.75) is 6.92 Å². The quantitative estimate of drug-likeness (QED) is 0.361. The van der Waals surface area contributed by atoms with Crippen LogP contribution in [0.25, 0.3) is 0 Å². The Bertz CT molecular complexity index is 436. The van der Waals surface area contributed by atoms with Crippen LogP contribution in [0, 0.1) is 22.6 Å². The summed E-state index contributed by atoms with van der Waals surface area (Å²) in [6, 6.07) is 1.66. The summed E-state index contributed by atoms with van der Waals surface area (Å²) in [4.78, 5) is 0. The zero-order valence-electron chi connectivity index (χ0n) is 8.71. The Labute approximate surface area is 90.6 Å². The Morgan fingerprint density at radius 1 is 1.38 bits per heavy atom. The van der Waals surface area contributed by atoms with Crippen LogP contribution in [0.5, 0.6) is 5.75 Å². The van der Waals surface area contributed by atoms with Gasteiger partial charge in [0, 0.05) is 12.1 Å². The lowest BCUT2D eigenvalue weighted by Crippen LogP contribution is -2.21. The van der Waals surface area contributed by atoms with Gasteiger partial charge in [-0.3, -0.25) is 5.41 Å². The summed E-state index contributed by atoms with van der Waals surface area (Å²) < 4.78 is 31.1. The van der Waals surface area contributed by atoms with E-state index in [1.807, 2.05) is 0 Å². The number of nitrogens with zero attached hydrogens (tertiary/aromatic N) is 2. The highest BCUT2D eigenvalue weighted by Gasteiger charge is 2.17. The second-order valence-corrected chi connectivity index (χ2v) is 2.94. The summed E-state index contributed by atoms with van der Waals surface area (Å²) in [5.74, 6) is -2.11. The van der Waals surface area contributed by atoms with Crippen molar-refractivity contribution in [1.82, 2.24) is 0 Å². The van der Waals surface area contributed by atoms with Gasteiger partial charge in [-0.15, -0.1) is 0 Å². The minimum atomic E-state index is -0.916. The molecule has 0 heterocycles. The zero-order valence-corrected chi connectivity index (χ0v) is 8.71. The normalized spacial score (nSPS) is 9.75. The highest BCUT2D eigenvalue weighted by atomic mass is 19.1. The van der Waals surface area contributed by atoms with E-state index in [-0.39, 0.29) is 17.3 Å². The van der Waals surface area contributed by atoms with E-state index in [2.05, 4.69) is 9.96 Å². The third-order valence-electron chi connectivity index (χ3n) is 1.87. The molecule has 0 saturated carbocycles. The molecule has 0 amide bonds. The molecule has 0 saturated heterocycles. The fraction of sp³-hybridized carbons (Fsp3) is 0.222. The molecule has 1 aromatic rings. The fourth-order valence-corrected chi connectivity index (χ4v) is 1.15. The molecule has 1 rings (SSSR count). The summed E-state index contributed by atoms with van der Waals surface area (Å²) >= 11 is 0. The van der Waals surface area contributed by atoms with Crippen LogP contribution in [0.2, 0.25) is 0 Å². The summed E-state index contributed by atoms with van der Waals surface area (Å²) in [7, 11) is 1.24. The van der Waals surface area contributed by atoms with Crippen LogP contribution in [0.4, 0.5) is 14.5 Å². The standard InChI is InChI=1S/C9H10F2N4O/c1-5(12)15(14-13)8-4-9(16-2)7(11)3-6(8)10/h3-4,12-13H,1-2H3. The number of hydrogen-bond donors (Lipinski definition) is 2. The van der Waals surface area contributed by atoms with Crippen molar-refractivity contribution < 1.29 is 13.5 Å². The minimum absolute atomic E-state index is 0.164. The van der Waals surface area contributed by atoms with Crippen LogP contribution in [-0.2, 0) is 0 Å². The summed E-state index contributed by atoms with van der Waals surface area (Å²) in [6.07, 6.45) is 0. The minimum Gasteiger partial charge on any atom is -0.494 e. The first-order valence-electron chi connectivity index (χ1n) is 4.27. The molecule has 7 heteroatoms. The number of anilines is 1. The topological polar surface area (TPSA) is 72.5 Å². The Morgan fingerprint density at radius 2 is 2.00 bits per heavy atom. The maximum absolute atomic E-state index is 13.4. The maximum Gasteiger partial charge on any atom is 0.168 e. The Morgan fingerprint density at radius 3 is 2.44 bits per heavy atom. The number of methoxy groups -OCH3 is 1. The SMILES string of the molecule is COc1cc(N(N=N)C(C)=N)c(F)cc1F. The zero-order chi connectivity index (χ0) is 12.3. The number of benzene rings is 1. The smallest absolute Gasteiger partial charge is 0.168 e. The van der Waals surface area contributed by atoms with Gasteiger partial charge in [-0.25, -0.2) is 8.78 Å². The molecule has 0 spiro atoms. The van der Waals surface area contributed by atoms with Crippen molar-refractivity contribution in [2.24, 2.45) is 5.22 Å². The van der Waals surface area contributed by atoms with Gasteiger partial charge in [-0.2, -0.15) is 10.5 Å². The van der Waals surface area contributed by atoms with E-state index in [0.29, 0.717) is 6.07 Å². The third-order valence-corrected chi connectivity index (χ3v) is 1.87. The summed E-state index contributed by atoms with van der Waals surface area (Å²) in [6.45, 7) is 1.33. The van der Waals surface area contributed by atoms with E-state index in [1.165, 1.54) is 14.0 Å². The predicted octanol–water partition coefficient (Wildman–Crippen LogP) is 2.72. The number of amidine groups is 1. The van der Waals surface area contributed by atoms with E-state index in [9.17, 15) is 8.78 Å². The molecule has 0 unspecified atom stereocenters. The predicted molar refractivity (Wildman–Crippen MR) is 53.9 cm³/mol. The number of hydrogen-bond acceptors (Lipinski definition) is 4. The lowest BCUT2D eigenvalue weighted by Gasteiger charge is -2.16. The average molecular weight is 228 g/mol. The lowest BCUT2D eigenvalue weighted by molar-refractivity contribution is 0.384. The average Bonchev–Trinajstić information content (AvgIpc) is 2.21. The molecular weight excluding hydrogens is 218 g/mol. The van der Waals surface area contributed by atoms with Gasteiger partial charge in [0.15, 0.2) is 17.4 Å². The second kappa shape index (κ2) is 4.65. The van der Waals surface area contributed by atoms with Gasteiger partial charge in [0.25, 0.3) is 0 Å². The molecule has 5 nitrogen and oxygen atoms in total. The van der Waals surface area contributed by atoms with Gasteiger partial charge in [-0.05, 0) is 6.92 Å². The molecule has 2 N–H and O–H groups in total. The monoisotopic (exact) mass is 228 g/mol. The molecule has 0 radical (unpaired) electrons. The number of rotatable bonds is 3. The van der Waals surface area contributed by atoms with Crippen LogP contribution in [0.15, 0.2) is 17.4 Å². The van der Waals surface area contributed by atoms with Gasteiger partial charge in [-0.1, -0.05) is 5.22 Å². The lowest BCUT2D eigenvalue weighted by atomic mass is 10.2. The first-order chi connectivity index (χ1) is 7.51. The van der Waals surface area contributed by atoms with Crippen molar-refractivity contribution in [3.8, 4) is 5.75 Å². The van der Waals surface area contributed by atoms with Crippen molar-refractivity contribution in [2.75, 3.05) is 12.1 Å². The Hall–Kier alpha value is -2.05. The van der Waals surface area contributed by atoms with Gasteiger partial charge >= 0.3 is 0 Å². The molecule has 0 aliphatic rings. The van der Waals surface area contributed by atoms with Gasteiger partial charge < -0.3 is 4.74 Å². The van der Waals surface area contributed by atoms with Gasteiger partial charge in [0.2, 0.25) is 0 Å². The maximum atomic E-state index is 13.4. The van der Waals surface area contributed by atoms with E-state index in [0.717, 1.165) is 11.1 Å². The van der Waals surface area contributed by atoms with Gasteiger partial charge in [0.05, 0.1) is 7.11 Å². The van der Waals surface area contributed by atoms with Crippen LogP contribution in [0.3, 0.4) is 0 Å². The van der Waals surface area contributed by atoms with E-state index in [4.69, 9.17) is 10.9 Å². The summed E-state index contributed by atoms with van der Waals surface area (Å²) in [5.41, 5.74) is 6.61. The molecule has 16 heavy (non-hydrogen) atoms. The van der Waals surface area contributed by atoms with Gasteiger partial charge in [0.1, 0.15) is 11.5 Å². The highest BCUT2D eigenvalue weighted by molar-refractivity contribution is 5.93. The Kier molecular flexibility index (Phi) is 3.49. The number of nitrogens with one attached hydrogen (secondary N) is 2. The fourth-order valence-electron chi connectivity index (χ4n) is 1.15. The van der Waals surface area contributed by atoms with E-state index in [1.54, 1.807) is 0 Å². The molecule has 0 aliphatic heterocycles. The van der Waals surface area contributed by atoms with Crippen LogP contribution in [0.1, 0.15) is 6.92 Å². The molecule has 1 aromatic carbocycles. The molecule has 0 aliphatic carbocycles. The molecule has 0 aromatic heterocycles. The van der Waals surface area contributed by atoms with Crippen molar-refractivity contribution in [3.63, 3.8) is 0 Å². The molecular formula is C9H10F2N4O. The number of ether oxygens (including phenoxy) is 1. The molecule has 0 atom stereocenters. The van der Waals surface area contributed by atoms with E-state index < -0.39 is 11.6 Å². The van der Waals surface area contributed by atoms with Crippen molar-refractivity contribution >= 4 is 11.5 Å². The second-order valence-electron chi connectivity index (χ2n) is 2.94. The van der Waals surface area contributed by atoms with Crippen LogP contribution in [-0.4, -0.2) is 12.9 Å². The number of halogens is 2. The molecule has 86 valence electrons. The van der Waals surface area contributed by atoms with Crippen molar-refractivity contribution in [3.05, 3.63) is 23.8 Å². The largest absolute Gasteiger partial charge is 0.494 e. The Balaban J connectivity index is 3.32. The molecule has 0 fully saturated rings.